The van der Waals surface area contributed by atoms with Crippen molar-refractivity contribution in [1.29, 1.82) is 0 Å². The van der Waals surface area contributed by atoms with Crippen molar-refractivity contribution in [2.75, 3.05) is 51.4 Å². The van der Waals surface area contributed by atoms with Crippen LogP contribution in [0.15, 0.2) is 54.6 Å². The molecule has 2 aromatic carbocycles. The van der Waals surface area contributed by atoms with Crippen LogP contribution < -0.4 is 21.3 Å². The minimum atomic E-state index is -1.16. The average Bonchev–Trinajstić information content (AvgIpc) is 3.78. The second-order valence-corrected chi connectivity index (χ2v) is 14.3. The van der Waals surface area contributed by atoms with Crippen molar-refractivity contribution in [2.45, 2.75) is 63.8 Å². The third-order valence-corrected chi connectivity index (χ3v) is 10.1. The van der Waals surface area contributed by atoms with E-state index in [4.69, 9.17) is 32.7 Å². The molecule has 0 bridgehead atoms. The zero-order chi connectivity index (χ0) is 40.5. The number of carbonyl (C=O) groups is 7. The van der Waals surface area contributed by atoms with Gasteiger partial charge in [0.1, 0.15) is 6.04 Å². The quantitative estimate of drug-likeness (QED) is 0.0812. The molecule has 1 heterocycles. The van der Waals surface area contributed by atoms with E-state index in [2.05, 4.69) is 21.3 Å². The van der Waals surface area contributed by atoms with Crippen molar-refractivity contribution >= 4 is 70.3 Å². The second kappa shape index (κ2) is 22.0. The number of rotatable bonds is 23. The summed E-state index contributed by atoms with van der Waals surface area (Å²) >= 11 is 12.3. The van der Waals surface area contributed by atoms with Crippen LogP contribution in [-0.2, 0) is 44.7 Å². The molecule has 0 spiro atoms. The summed E-state index contributed by atoms with van der Waals surface area (Å²) in [5.74, 6) is -3.32. The van der Waals surface area contributed by atoms with Gasteiger partial charge < -0.3 is 35.8 Å². The van der Waals surface area contributed by atoms with E-state index in [1.807, 2.05) is 0 Å². The number of amides is 6. The number of ether oxygens (including phenoxy) is 2. The van der Waals surface area contributed by atoms with Crippen molar-refractivity contribution in [2.24, 2.45) is 5.41 Å². The summed E-state index contributed by atoms with van der Waals surface area (Å²) in [6.45, 7) is 1.58. The average molecular weight is 817 g/mol. The highest BCUT2D eigenvalue weighted by Crippen LogP contribution is 2.42. The Morgan fingerprint density at radius 3 is 2.05 bits per heavy atom. The number of anilines is 1. The Balaban J connectivity index is 1.08. The van der Waals surface area contributed by atoms with E-state index in [1.165, 1.54) is 12.2 Å². The minimum Gasteiger partial charge on any atom is -0.480 e. The van der Waals surface area contributed by atoms with Gasteiger partial charge in [0, 0.05) is 62.2 Å². The largest absolute Gasteiger partial charge is 0.480 e. The SMILES string of the molecule is O=C(CCOCCOCCNC(=O)CCN1C(=O)C=CC1=O)NCCCC1(C(=O)N[C@@H](Cc2ccc(NC(=O)c3c(Cl)cccc3Cl)cc2)C(=O)O)CCCC1. The minimum absolute atomic E-state index is 0.000576. The van der Waals surface area contributed by atoms with Crippen LogP contribution in [0.1, 0.15) is 67.3 Å². The smallest absolute Gasteiger partial charge is 0.326 e. The molecule has 0 unspecified atom stereocenters. The molecule has 5 N–H and O–H groups in total. The summed E-state index contributed by atoms with van der Waals surface area (Å²) in [5.41, 5.74) is 0.536. The van der Waals surface area contributed by atoms with Crippen molar-refractivity contribution in [1.82, 2.24) is 20.9 Å². The fourth-order valence-electron chi connectivity index (χ4n) is 6.47. The van der Waals surface area contributed by atoms with E-state index in [1.54, 1.807) is 42.5 Å². The fourth-order valence-corrected chi connectivity index (χ4v) is 7.04. The molecule has 302 valence electrons. The Morgan fingerprint density at radius 1 is 0.804 bits per heavy atom. The monoisotopic (exact) mass is 815 g/mol. The molecule has 56 heavy (non-hydrogen) atoms. The molecule has 1 saturated carbocycles. The van der Waals surface area contributed by atoms with Crippen molar-refractivity contribution < 1.29 is 48.1 Å². The second-order valence-electron chi connectivity index (χ2n) is 13.5. The molecule has 1 aliphatic carbocycles. The summed E-state index contributed by atoms with van der Waals surface area (Å²) < 4.78 is 10.9. The maximum absolute atomic E-state index is 13.6. The van der Waals surface area contributed by atoms with Gasteiger partial charge in [0.2, 0.25) is 17.7 Å². The normalized spacial score (nSPS) is 15.1. The third kappa shape index (κ3) is 13.4. The van der Waals surface area contributed by atoms with E-state index in [0.29, 0.717) is 43.5 Å². The summed E-state index contributed by atoms with van der Waals surface area (Å²) in [6.07, 6.45) is 6.52. The first kappa shape index (κ1) is 43.9. The Bertz CT molecular complexity index is 1730. The number of hydrogen-bond acceptors (Lipinski definition) is 9. The number of halogens is 2. The highest BCUT2D eigenvalue weighted by Gasteiger charge is 2.42. The summed E-state index contributed by atoms with van der Waals surface area (Å²) in [7, 11) is 0. The number of nitrogens with one attached hydrogen (secondary N) is 4. The highest BCUT2D eigenvalue weighted by molar-refractivity contribution is 6.40. The first-order chi connectivity index (χ1) is 26.9. The van der Waals surface area contributed by atoms with Crippen LogP contribution in [0, 0.1) is 5.41 Å². The van der Waals surface area contributed by atoms with Crippen LogP contribution >= 0.6 is 23.2 Å². The number of carboxylic acids is 1. The van der Waals surface area contributed by atoms with E-state index < -0.39 is 35.1 Å². The molecule has 0 radical (unpaired) electrons. The van der Waals surface area contributed by atoms with Gasteiger partial charge in [-0.05, 0) is 55.5 Å². The van der Waals surface area contributed by atoms with Gasteiger partial charge in [-0.25, -0.2) is 4.79 Å². The molecule has 4 rings (SSSR count). The lowest BCUT2D eigenvalue weighted by Gasteiger charge is -2.29. The number of carbonyl (C=O) groups excluding carboxylic acids is 6. The maximum atomic E-state index is 13.6. The van der Waals surface area contributed by atoms with Crippen LogP contribution in [0.25, 0.3) is 0 Å². The van der Waals surface area contributed by atoms with Crippen molar-refractivity contribution in [3.8, 4) is 0 Å². The Labute approximate surface area is 334 Å². The lowest BCUT2D eigenvalue weighted by atomic mass is 9.80. The molecule has 1 aliphatic heterocycles. The summed E-state index contributed by atoms with van der Waals surface area (Å²) in [5, 5.41) is 21.4. The number of benzene rings is 2. The zero-order valence-electron chi connectivity index (χ0n) is 30.9. The molecule has 0 saturated heterocycles. The lowest BCUT2D eigenvalue weighted by Crippen LogP contribution is -2.49. The van der Waals surface area contributed by atoms with Crippen molar-refractivity contribution in [3.05, 3.63) is 75.8 Å². The van der Waals surface area contributed by atoms with E-state index in [9.17, 15) is 38.7 Å². The van der Waals surface area contributed by atoms with Gasteiger partial charge in [-0.2, -0.15) is 0 Å². The van der Waals surface area contributed by atoms with E-state index in [-0.39, 0.29) is 92.1 Å². The van der Waals surface area contributed by atoms with Crippen LogP contribution in [0.3, 0.4) is 0 Å². The topological polar surface area (TPSA) is 210 Å². The highest BCUT2D eigenvalue weighted by atomic mass is 35.5. The lowest BCUT2D eigenvalue weighted by molar-refractivity contribution is -0.144. The van der Waals surface area contributed by atoms with Gasteiger partial charge in [0.25, 0.3) is 17.7 Å². The first-order valence-corrected chi connectivity index (χ1v) is 19.2. The number of hydrogen-bond donors (Lipinski definition) is 5. The molecule has 6 amide bonds. The van der Waals surface area contributed by atoms with Gasteiger partial charge >= 0.3 is 5.97 Å². The van der Waals surface area contributed by atoms with Crippen molar-refractivity contribution in [3.63, 3.8) is 0 Å². The maximum Gasteiger partial charge on any atom is 0.326 e. The number of aliphatic carboxylic acids is 1. The predicted molar refractivity (Wildman–Crippen MR) is 207 cm³/mol. The fraction of sp³-hybridized carbons (Fsp3) is 0.462. The van der Waals surface area contributed by atoms with Gasteiger partial charge in [-0.15, -0.1) is 0 Å². The van der Waals surface area contributed by atoms with Crippen LogP contribution in [0.4, 0.5) is 5.69 Å². The van der Waals surface area contributed by atoms with Crippen LogP contribution in [-0.4, -0.2) is 104 Å². The molecule has 2 aliphatic rings. The predicted octanol–water partition coefficient (Wildman–Crippen LogP) is 3.67. The molecule has 15 nitrogen and oxygen atoms in total. The summed E-state index contributed by atoms with van der Waals surface area (Å²) in [4.78, 5) is 86.8. The number of carboxylic acid groups (broad SMARTS) is 1. The molecule has 1 fully saturated rings. The van der Waals surface area contributed by atoms with Gasteiger partial charge in [-0.1, -0.05) is 54.2 Å². The molecular formula is C39H47Cl2N5O10. The molecule has 0 aromatic heterocycles. The van der Waals surface area contributed by atoms with Gasteiger partial charge in [0.05, 0.1) is 42.0 Å². The number of imide groups is 1. The van der Waals surface area contributed by atoms with Gasteiger partial charge in [-0.3, -0.25) is 33.7 Å². The Kier molecular flexibility index (Phi) is 17.3. The third-order valence-electron chi connectivity index (χ3n) is 9.52. The van der Waals surface area contributed by atoms with Gasteiger partial charge in [0.15, 0.2) is 0 Å². The number of nitrogens with zero attached hydrogens (tertiary/aromatic N) is 1. The molecular weight excluding hydrogens is 769 g/mol. The molecule has 17 heteroatoms. The Hall–Kier alpha value is -4.83. The molecule has 2 aromatic rings. The van der Waals surface area contributed by atoms with Crippen LogP contribution in [0.5, 0.6) is 0 Å². The van der Waals surface area contributed by atoms with Crippen LogP contribution in [0.2, 0.25) is 10.0 Å². The summed E-state index contributed by atoms with van der Waals surface area (Å²) in [6, 6.07) is 10.2. The van der Waals surface area contributed by atoms with E-state index in [0.717, 1.165) is 17.7 Å². The standard InChI is InChI=1S/C39H47Cl2N5O10/c40-28-5-3-6-29(41)35(28)36(51)44-27-9-7-26(8-10-27)25-30(37(52)53)45-38(54)39(15-1-2-16-39)17-4-18-42-32(48)14-21-55-23-24-56-22-19-43-31(47)13-20-46-33(49)11-12-34(46)50/h3,5-12,30H,1-2,4,13-25H2,(H,42,48)(H,43,47)(H,44,51)(H,45,54)(H,52,53)/t30-/m0/s1. The Morgan fingerprint density at radius 2 is 1.41 bits per heavy atom. The zero-order valence-corrected chi connectivity index (χ0v) is 32.4. The molecule has 1 atom stereocenters. The van der Waals surface area contributed by atoms with E-state index >= 15 is 0 Å². The first-order valence-electron chi connectivity index (χ1n) is 18.5.